The van der Waals surface area contributed by atoms with Crippen LogP contribution in [0.4, 0.5) is 0 Å². The highest BCUT2D eigenvalue weighted by Gasteiger charge is 2.06. The number of esters is 2. The van der Waals surface area contributed by atoms with E-state index in [-0.39, 0.29) is 11.9 Å². The average Bonchev–Trinajstić information content (AvgIpc) is 2.15. The predicted molar refractivity (Wildman–Crippen MR) is 54.7 cm³/mol. The molecule has 0 spiro atoms. The molecule has 0 aliphatic carbocycles. The molecule has 2 atom stereocenters. The molecule has 2 unspecified atom stereocenters. The summed E-state index contributed by atoms with van der Waals surface area (Å²) >= 11 is 10.5. The number of alkyl halides is 2. The summed E-state index contributed by atoms with van der Waals surface area (Å²) in [4.78, 5) is 20.3. The fraction of sp³-hybridized carbons (Fsp3) is 0.750. The maximum Gasteiger partial charge on any atom is 0.323 e. The summed E-state index contributed by atoms with van der Waals surface area (Å²) in [6.45, 7) is 3.13. The fourth-order valence-corrected chi connectivity index (χ4v) is 0.503. The molecule has 0 aromatic carbocycles. The molecule has 84 valence electrons. The normalized spacial score (nSPS) is 13.0. The quantitative estimate of drug-likeness (QED) is 0.547. The third kappa shape index (κ3) is 9.61. The summed E-state index contributed by atoms with van der Waals surface area (Å²) in [5, 5.41) is -1.05. The lowest BCUT2D eigenvalue weighted by atomic mass is 10.5. The first kappa shape index (κ1) is 16.0. The van der Waals surface area contributed by atoms with Crippen molar-refractivity contribution in [2.45, 2.75) is 24.6 Å². The smallest absolute Gasteiger partial charge is 0.323 e. The van der Waals surface area contributed by atoms with E-state index >= 15 is 0 Å². The van der Waals surface area contributed by atoms with Crippen LogP contribution in [0.15, 0.2) is 0 Å². The molecule has 0 aliphatic heterocycles. The van der Waals surface area contributed by atoms with Crippen LogP contribution in [0.1, 0.15) is 13.8 Å². The molecule has 0 bridgehead atoms. The highest BCUT2D eigenvalue weighted by Crippen LogP contribution is 1.94. The van der Waals surface area contributed by atoms with E-state index in [1.807, 2.05) is 0 Å². The molecular weight excluding hydrogens is 231 g/mol. The molecule has 0 saturated heterocycles. The molecule has 6 heteroatoms. The Labute approximate surface area is 93.5 Å². The molecule has 0 heterocycles. The van der Waals surface area contributed by atoms with Gasteiger partial charge in [0.15, 0.2) is 0 Å². The van der Waals surface area contributed by atoms with Gasteiger partial charge in [-0.25, -0.2) is 0 Å². The second kappa shape index (κ2) is 9.09. The first-order valence-corrected chi connectivity index (χ1v) is 4.67. The molecule has 0 aromatic rings. The van der Waals surface area contributed by atoms with Crippen molar-refractivity contribution in [3.8, 4) is 0 Å². The molecule has 0 aromatic heterocycles. The first-order valence-electron chi connectivity index (χ1n) is 3.80. The molecule has 0 aliphatic rings. The Morgan fingerprint density at radius 2 is 1.14 bits per heavy atom. The van der Waals surface area contributed by atoms with Gasteiger partial charge in [-0.2, -0.15) is 0 Å². The zero-order chi connectivity index (χ0) is 11.7. The van der Waals surface area contributed by atoms with Crippen molar-refractivity contribution >= 4 is 35.1 Å². The van der Waals surface area contributed by atoms with Crippen molar-refractivity contribution in [2.24, 2.45) is 0 Å². The van der Waals surface area contributed by atoms with Gasteiger partial charge in [0.05, 0.1) is 14.2 Å². The van der Waals surface area contributed by atoms with Crippen LogP contribution in [0.3, 0.4) is 0 Å². The highest BCUT2D eigenvalue weighted by molar-refractivity contribution is 6.29. The van der Waals surface area contributed by atoms with Gasteiger partial charge in [0.1, 0.15) is 10.8 Å². The third-order valence-corrected chi connectivity index (χ3v) is 1.41. The molecule has 0 rings (SSSR count). The Balaban J connectivity index is 0. The zero-order valence-electron chi connectivity index (χ0n) is 8.54. The van der Waals surface area contributed by atoms with E-state index < -0.39 is 10.8 Å². The van der Waals surface area contributed by atoms with Crippen molar-refractivity contribution < 1.29 is 19.1 Å². The van der Waals surface area contributed by atoms with E-state index in [9.17, 15) is 9.59 Å². The van der Waals surface area contributed by atoms with Crippen molar-refractivity contribution in [1.29, 1.82) is 0 Å². The van der Waals surface area contributed by atoms with Crippen LogP contribution >= 0.6 is 23.2 Å². The average molecular weight is 245 g/mol. The van der Waals surface area contributed by atoms with Gasteiger partial charge in [0.2, 0.25) is 0 Å². The van der Waals surface area contributed by atoms with Gasteiger partial charge in [-0.05, 0) is 13.8 Å². The predicted octanol–water partition coefficient (Wildman–Crippen LogP) is 1.57. The number of methoxy groups -OCH3 is 2. The number of rotatable bonds is 2. The molecule has 0 radical (unpaired) electrons. The fourth-order valence-electron chi connectivity index (χ4n) is 0.325. The minimum Gasteiger partial charge on any atom is -0.468 e. The second-order valence-corrected chi connectivity index (χ2v) is 3.59. The van der Waals surface area contributed by atoms with Gasteiger partial charge in [0.25, 0.3) is 0 Å². The van der Waals surface area contributed by atoms with Gasteiger partial charge in [-0.1, -0.05) is 0 Å². The molecule has 0 fully saturated rings. The Morgan fingerprint density at radius 1 is 0.929 bits per heavy atom. The summed E-state index contributed by atoms with van der Waals surface area (Å²) in [6.07, 6.45) is 0. The summed E-state index contributed by atoms with van der Waals surface area (Å²) in [5.41, 5.74) is 0. The lowest BCUT2D eigenvalue weighted by Crippen LogP contribution is -2.10. The number of hydrogen-bond donors (Lipinski definition) is 0. The number of ether oxygens (including phenoxy) is 2. The third-order valence-electron chi connectivity index (χ3n) is 1.05. The topological polar surface area (TPSA) is 52.6 Å². The Bertz CT molecular complexity index is 160. The molecule has 0 N–H and O–H groups in total. The standard InChI is InChI=1S/2C4H7ClO2/c2*1-3(5)4(6)7-2/h2*3H,1-2H3. The van der Waals surface area contributed by atoms with E-state index in [0.717, 1.165) is 0 Å². The lowest BCUT2D eigenvalue weighted by molar-refractivity contribution is -0.140. The van der Waals surface area contributed by atoms with E-state index in [1.54, 1.807) is 13.8 Å². The van der Waals surface area contributed by atoms with E-state index in [0.29, 0.717) is 0 Å². The summed E-state index contributed by atoms with van der Waals surface area (Å²) in [7, 11) is 2.61. The van der Waals surface area contributed by atoms with Crippen LogP contribution in [-0.2, 0) is 19.1 Å². The van der Waals surface area contributed by atoms with Crippen LogP contribution in [0.25, 0.3) is 0 Å². The van der Waals surface area contributed by atoms with E-state index in [4.69, 9.17) is 23.2 Å². The number of halogens is 2. The van der Waals surface area contributed by atoms with Crippen LogP contribution < -0.4 is 0 Å². The summed E-state index contributed by atoms with van der Waals surface area (Å²) < 4.78 is 8.48. The summed E-state index contributed by atoms with van der Waals surface area (Å²) in [6, 6.07) is 0. The maximum absolute atomic E-state index is 10.2. The largest absolute Gasteiger partial charge is 0.468 e. The highest BCUT2D eigenvalue weighted by atomic mass is 35.5. The van der Waals surface area contributed by atoms with Gasteiger partial charge < -0.3 is 9.47 Å². The Hall–Kier alpha value is -0.480. The van der Waals surface area contributed by atoms with E-state index in [2.05, 4.69) is 9.47 Å². The monoisotopic (exact) mass is 244 g/mol. The van der Waals surface area contributed by atoms with Crippen molar-refractivity contribution in [2.75, 3.05) is 14.2 Å². The van der Waals surface area contributed by atoms with E-state index in [1.165, 1.54) is 14.2 Å². The number of hydrogen-bond acceptors (Lipinski definition) is 4. The van der Waals surface area contributed by atoms with Crippen LogP contribution in [0, 0.1) is 0 Å². The van der Waals surface area contributed by atoms with Gasteiger partial charge >= 0.3 is 11.9 Å². The zero-order valence-corrected chi connectivity index (χ0v) is 10.1. The minimum atomic E-state index is -0.523. The van der Waals surface area contributed by atoms with Crippen LogP contribution in [-0.4, -0.2) is 36.9 Å². The molecule has 0 amide bonds. The Morgan fingerprint density at radius 3 is 1.14 bits per heavy atom. The van der Waals surface area contributed by atoms with Crippen molar-refractivity contribution in [3.05, 3.63) is 0 Å². The summed E-state index contributed by atoms with van der Waals surface area (Å²) in [5.74, 6) is -0.775. The molecule has 0 saturated carbocycles. The first-order chi connectivity index (χ1) is 6.36. The van der Waals surface area contributed by atoms with Gasteiger partial charge in [-0.15, -0.1) is 23.2 Å². The number of carbonyl (C=O) groups excluding carboxylic acids is 2. The van der Waals surface area contributed by atoms with Crippen molar-refractivity contribution in [1.82, 2.24) is 0 Å². The lowest BCUT2D eigenvalue weighted by Gasteiger charge is -1.95. The minimum absolute atomic E-state index is 0.387. The molecular formula is C8H14Cl2O4. The van der Waals surface area contributed by atoms with Crippen LogP contribution in [0.2, 0.25) is 0 Å². The molecule has 14 heavy (non-hydrogen) atoms. The van der Waals surface area contributed by atoms with Crippen molar-refractivity contribution in [3.63, 3.8) is 0 Å². The Kier molecular flexibility index (Phi) is 10.4. The SMILES string of the molecule is COC(=O)C(C)Cl.COC(=O)C(C)Cl. The van der Waals surface area contributed by atoms with Gasteiger partial charge in [-0.3, -0.25) is 9.59 Å². The van der Waals surface area contributed by atoms with Crippen LogP contribution in [0.5, 0.6) is 0 Å². The number of carbonyl (C=O) groups is 2. The maximum atomic E-state index is 10.2. The second-order valence-electron chi connectivity index (χ2n) is 2.28. The molecule has 4 nitrogen and oxygen atoms in total. The van der Waals surface area contributed by atoms with Gasteiger partial charge in [0, 0.05) is 0 Å².